The number of carbonyl (C=O) groups excluding carboxylic acids is 2. The molecule has 0 saturated carbocycles. The molecule has 0 spiro atoms. The maximum atomic E-state index is 13.4. The SMILES string of the molecule is CCOC(=O)c1cc(-c2ccc(F)cc2)n(CCC(=O)NCc2ccc(OC)cc2)c1C. The van der Waals surface area contributed by atoms with Crippen molar-refractivity contribution in [1.29, 1.82) is 0 Å². The highest BCUT2D eigenvalue weighted by Crippen LogP contribution is 2.27. The van der Waals surface area contributed by atoms with Gasteiger partial charge in [-0.15, -0.1) is 0 Å². The Morgan fingerprint density at radius 1 is 1.06 bits per heavy atom. The number of benzene rings is 2. The smallest absolute Gasteiger partial charge is 0.339 e. The second kappa shape index (κ2) is 10.6. The Hall–Kier alpha value is -3.61. The topological polar surface area (TPSA) is 69.6 Å². The standard InChI is InChI=1S/C25H27FN2O4/c1-4-32-25(30)22-15-23(19-7-9-20(26)10-8-19)28(17(22)2)14-13-24(29)27-16-18-5-11-21(31-3)12-6-18/h5-12,15H,4,13-14,16H2,1-3H3,(H,27,29). The van der Waals surface area contributed by atoms with Crippen LogP contribution in [0.5, 0.6) is 5.75 Å². The average molecular weight is 438 g/mol. The summed E-state index contributed by atoms with van der Waals surface area (Å²) in [5, 5.41) is 2.91. The van der Waals surface area contributed by atoms with Crippen LogP contribution in [-0.4, -0.2) is 30.2 Å². The maximum absolute atomic E-state index is 13.4. The minimum absolute atomic E-state index is 0.114. The van der Waals surface area contributed by atoms with Gasteiger partial charge in [0.05, 0.1) is 19.3 Å². The van der Waals surface area contributed by atoms with Crippen LogP contribution in [0.4, 0.5) is 4.39 Å². The summed E-state index contributed by atoms with van der Waals surface area (Å²) >= 11 is 0. The van der Waals surface area contributed by atoms with Crippen LogP contribution in [0.3, 0.4) is 0 Å². The highest BCUT2D eigenvalue weighted by molar-refractivity contribution is 5.92. The third-order valence-electron chi connectivity index (χ3n) is 5.21. The molecule has 0 bridgehead atoms. The number of nitrogens with zero attached hydrogens (tertiary/aromatic N) is 1. The zero-order valence-corrected chi connectivity index (χ0v) is 18.5. The zero-order valence-electron chi connectivity index (χ0n) is 18.5. The molecule has 0 aliphatic carbocycles. The fraction of sp³-hybridized carbons (Fsp3) is 0.280. The number of aromatic nitrogens is 1. The van der Waals surface area contributed by atoms with E-state index in [1.807, 2.05) is 35.8 Å². The molecule has 0 aliphatic rings. The van der Waals surface area contributed by atoms with E-state index in [0.717, 1.165) is 22.6 Å². The number of esters is 1. The van der Waals surface area contributed by atoms with Gasteiger partial charge < -0.3 is 19.4 Å². The van der Waals surface area contributed by atoms with Gasteiger partial charge in [-0.25, -0.2) is 9.18 Å². The lowest BCUT2D eigenvalue weighted by molar-refractivity contribution is -0.121. The molecule has 0 aliphatic heterocycles. The Balaban J connectivity index is 1.74. The van der Waals surface area contributed by atoms with Crippen molar-refractivity contribution in [1.82, 2.24) is 9.88 Å². The van der Waals surface area contributed by atoms with E-state index >= 15 is 0 Å². The molecule has 6 nitrogen and oxygen atoms in total. The maximum Gasteiger partial charge on any atom is 0.339 e. The molecule has 0 fully saturated rings. The Bertz CT molecular complexity index is 1070. The summed E-state index contributed by atoms with van der Waals surface area (Å²) in [5.74, 6) is -0.117. The monoisotopic (exact) mass is 438 g/mol. The van der Waals surface area contributed by atoms with E-state index < -0.39 is 5.97 Å². The van der Waals surface area contributed by atoms with Crippen molar-refractivity contribution in [2.45, 2.75) is 33.4 Å². The molecule has 1 heterocycles. The summed E-state index contributed by atoms with van der Waals surface area (Å²) in [4.78, 5) is 24.8. The van der Waals surface area contributed by atoms with Crippen LogP contribution in [-0.2, 0) is 22.6 Å². The molecular weight excluding hydrogens is 411 g/mol. The van der Waals surface area contributed by atoms with Crippen molar-refractivity contribution in [3.05, 3.63) is 77.2 Å². The van der Waals surface area contributed by atoms with Crippen LogP contribution in [0.25, 0.3) is 11.3 Å². The molecular formula is C25H27FN2O4. The largest absolute Gasteiger partial charge is 0.497 e. The zero-order chi connectivity index (χ0) is 23.1. The molecule has 1 aromatic heterocycles. The van der Waals surface area contributed by atoms with E-state index in [4.69, 9.17) is 9.47 Å². The molecule has 7 heteroatoms. The van der Waals surface area contributed by atoms with Gasteiger partial charge in [0.25, 0.3) is 0 Å². The summed E-state index contributed by atoms with van der Waals surface area (Å²) in [6.45, 7) is 4.61. The number of ether oxygens (including phenoxy) is 2. The molecule has 3 rings (SSSR count). The Kier molecular flexibility index (Phi) is 7.65. The van der Waals surface area contributed by atoms with Crippen LogP contribution < -0.4 is 10.1 Å². The van der Waals surface area contributed by atoms with E-state index in [1.165, 1.54) is 12.1 Å². The number of hydrogen-bond acceptors (Lipinski definition) is 4. The van der Waals surface area contributed by atoms with Crippen molar-refractivity contribution in [2.75, 3.05) is 13.7 Å². The lowest BCUT2D eigenvalue weighted by atomic mass is 10.1. The van der Waals surface area contributed by atoms with Crippen molar-refractivity contribution in [3.63, 3.8) is 0 Å². The summed E-state index contributed by atoms with van der Waals surface area (Å²) < 4.78 is 25.6. The van der Waals surface area contributed by atoms with Gasteiger partial charge in [0.15, 0.2) is 0 Å². The Morgan fingerprint density at radius 3 is 2.38 bits per heavy atom. The van der Waals surface area contributed by atoms with Crippen LogP contribution in [0.15, 0.2) is 54.6 Å². The van der Waals surface area contributed by atoms with Gasteiger partial charge >= 0.3 is 5.97 Å². The summed E-state index contributed by atoms with van der Waals surface area (Å²) in [6.07, 6.45) is 0.224. The first-order valence-corrected chi connectivity index (χ1v) is 10.5. The van der Waals surface area contributed by atoms with Gasteiger partial charge in [-0.3, -0.25) is 4.79 Å². The van der Waals surface area contributed by atoms with Crippen molar-refractivity contribution in [2.24, 2.45) is 0 Å². The van der Waals surface area contributed by atoms with Crippen molar-refractivity contribution in [3.8, 4) is 17.0 Å². The first-order chi connectivity index (χ1) is 15.4. The second-order valence-electron chi connectivity index (χ2n) is 7.28. The number of halogens is 1. The fourth-order valence-corrected chi connectivity index (χ4v) is 3.45. The number of amides is 1. The predicted molar refractivity (Wildman–Crippen MR) is 120 cm³/mol. The molecule has 0 saturated heterocycles. The summed E-state index contributed by atoms with van der Waals surface area (Å²) in [7, 11) is 1.60. The Labute approximate surface area is 187 Å². The number of carbonyl (C=O) groups is 2. The lowest BCUT2D eigenvalue weighted by Gasteiger charge is -2.13. The van der Waals surface area contributed by atoms with Crippen LogP contribution >= 0.6 is 0 Å². The molecule has 1 amide bonds. The Morgan fingerprint density at radius 2 is 1.75 bits per heavy atom. The molecule has 168 valence electrons. The van der Waals surface area contributed by atoms with Crippen LogP contribution in [0.2, 0.25) is 0 Å². The highest BCUT2D eigenvalue weighted by atomic mass is 19.1. The molecule has 2 aromatic carbocycles. The highest BCUT2D eigenvalue weighted by Gasteiger charge is 2.20. The molecule has 0 radical (unpaired) electrons. The van der Waals surface area contributed by atoms with E-state index in [-0.39, 0.29) is 24.8 Å². The van der Waals surface area contributed by atoms with Crippen LogP contribution in [0, 0.1) is 12.7 Å². The molecule has 32 heavy (non-hydrogen) atoms. The van der Waals surface area contributed by atoms with E-state index in [0.29, 0.717) is 24.3 Å². The molecule has 1 N–H and O–H groups in total. The number of hydrogen-bond donors (Lipinski definition) is 1. The summed E-state index contributed by atoms with van der Waals surface area (Å²) in [6, 6.07) is 15.3. The second-order valence-corrected chi connectivity index (χ2v) is 7.28. The minimum Gasteiger partial charge on any atom is -0.497 e. The van der Waals surface area contributed by atoms with Gasteiger partial charge in [0.2, 0.25) is 5.91 Å². The average Bonchev–Trinajstić information content (AvgIpc) is 3.13. The van der Waals surface area contributed by atoms with Gasteiger partial charge in [-0.1, -0.05) is 12.1 Å². The van der Waals surface area contributed by atoms with Crippen molar-refractivity contribution >= 4 is 11.9 Å². The number of nitrogens with one attached hydrogen (secondary N) is 1. The normalized spacial score (nSPS) is 10.6. The van der Waals surface area contributed by atoms with Crippen molar-refractivity contribution < 1.29 is 23.5 Å². The molecule has 3 aromatic rings. The fourth-order valence-electron chi connectivity index (χ4n) is 3.45. The van der Waals surface area contributed by atoms with E-state index in [9.17, 15) is 14.0 Å². The number of methoxy groups -OCH3 is 1. The quantitative estimate of drug-likeness (QED) is 0.500. The minimum atomic E-state index is -0.420. The summed E-state index contributed by atoms with van der Waals surface area (Å²) in [5.41, 5.74) is 3.58. The lowest BCUT2D eigenvalue weighted by Crippen LogP contribution is -2.24. The van der Waals surface area contributed by atoms with Gasteiger partial charge in [0, 0.05) is 30.9 Å². The van der Waals surface area contributed by atoms with E-state index in [2.05, 4.69) is 5.32 Å². The number of rotatable bonds is 9. The van der Waals surface area contributed by atoms with E-state index in [1.54, 1.807) is 32.2 Å². The van der Waals surface area contributed by atoms with Gasteiger partial charge in [-0.2, -0.15) is 0 Å². The van der Waals surface area contributed by atoms with Gasteiger partial charge in [0.1, 0.15) is 11.6 Å². The third kappa shape index (κ3) is 5.55. The van der Waals surface area contributed by atoms with Crippen LogP contribution in [0.1, 0.15) is 35.0 Å². The third-order valence-corrected chi connectivity index (χ3v) is 5.21. The first kappa shape index (κ1) is 23.1. The molecule has 0 atom stereocenters. The first-order valence-electron chi connectivity index (χ1n) is 10.5. The van der Waals surface area contributed by atoms with Gasteiger partial charge in [-0.05, 0) is 67.4 Å². The predicted octanol–water partition coefficient (Wildman–Crippen LogP) is 4.49. The molecule has 0 unspecified atom stereocenters.